The molecule has 0 unspecified atom stereocenters. The summed E-state index contributed by atoms with van der Waals surface area (Å²) in [5.74, 6) is 0.209. The lowest BCUT2D eigenvalue weighted by Crippen LogP contribution is -2.30. The number of hydrazine groups is 1. The number of amides is 1. The van der Waals surface area contributed by atoms with Gasteiger partial charge in [0.25, 0.3) is 5.91 Å². The number of nitrogens with zero attached hydrogens (tertiary/aromatic N) is 4. The number of benzene rings is 2. The highest BCUT2D eigenvalue weighted by molar-refractivity contribution is 6.30. The van der Waals surface area contributed by atoms with Gasteiger partial charge in [0.1, 0.15) is 6.33 Å². The van der Waals surface area contributed by atoms with Crippen molar-refractivity contribution in [3.8, 4) is 5.69 Å². The molecule has 0 aliphatic rings. The lowest BCUT2D eigenvalue weighted by Gasteiger charge is -2.10. The normalized spacial score (nSPS) is 10.8. The molecule has 0 aliphatic heterocycles. The number of nitrogens with one attached hydrogen (secondary N) is 2. The van der Waals surface area contributed by atoms with Crippen molar-refractivity contribution in [2.24, 2.45) is 0 Å². The van der Waals surface area contributed by atoms with Crippen LogP contribution in [0.15, 0.2) is 55.0 Å². The van der Waals surface area contributed by atoms with Crippen LogP contribution >= 0.6 is 11.6 Å². The molecule has 2 aromatic heterocycles. The zero-order valence-corrected chi connectivity index (χ0v) is 16.0. The first-order chi connectivity index (χ1) is 13.5. The van der Waals surface area contributed by atoms with Crippen LogP contribution in [0.4, 0.5) is 5.82 Å². The third kappa shape index (κ3) is 3.27. The quantitative estimate of drug-likeness (QED) is 0.515. The molecule has 7 nitrogen and oxygen atoms in total. The van der Waals surface area contributed by atoms with Crippen LogP contribution in [0.3, 0.4) is 0 Å². The predicted octanol–water partition coefficient (Wildman–Crippen LogP) is 3.84. The first kappa shape index (κ1) is 17.9. The Morgan fingerprint density at radius 3 is 2.71 bits per heavy atom. The first-order valence-corrected chi connectivity index (χ1v) is 8.99. The zero-order valence-electron chi connectivity index (χ0n) is 15.3. The van der Waals surface area contributed by atoms with Gasteiger partial charge < -0.3 is 0 Å². The lowest BCUT2D eigenvalue weighted by atomic mass is 10.1. The number of aromatic nitrogens is 4. The SMILES string of the molecule is Cc1ccccc1C(=O)NNc1ncnc2c1cnn2-c1cc(Cl)ccc1C. The Kier molecular flexibility index (Phi) is 4.67. The van der Waals surface area contributed by atoms with E-state index in [0.29, 0.717) is 27.4 Å². The van der Waals surface area contributed by atoms with Crippen molar-refractivity contribution in [2.75, 3.05) is 5.43 Å². The number of halogens is 1. The maximum atomic E-state index is 12.4. The maximum Gasteiger partial charge on any atom is 0.269 e. The molecule has 2 aromatic carbocycles. The standard InChI is InChI=1S/C20H17ClN6O/c1-12-5-3-4-6-15(12)20(28)26-25-18-16-10-24-27(19(16)23-11-22-18)17-9-14(21)8-7-13(17)2/h3-11H,1-2H3,(H,26,28)(H,22,23,25). The van der Waals surface area contributed by atoms with Crippen LogP contribution in [0, 0.1) is 13.8 Å². The summed E-state index contributed by atoms with van der Waals surface area (Å²) in [6.45, 7) is 3.86. The van der Waals surface area contributed by atoms with Gasteiger partial charge in [-0.05, 0) is 43.2 Å². The smallest absolute Gasteiger partial charge is 0.269 e. The molecule has 0 saturated carbocycles. The molecule has 0 bridgehead atoms. The van der Waals surface area contributed by atoms with Crippen LogP contribution in [0.2, 0.25) is 5.02 Å². The van der Waals surface area contributed by atoms with Gasteiger partial charge in [0.2, 0.25) is 0 Å². The van der Waals surface area contributed by atoms with Crippen LogP contribution < -0.4 is 10.9 Å². The first-order valence-electron chi connectivity index (χ1n) is 8.62. The molecule has 28 heavy (non-hydrogen) atoms. The molecule has 0 atom stereocenters. The molecule has 2 N–H and O–H groups in total. The van der Waals surface area contributed by atoms with Crippen molar-refractivity contribution in [3.05, 3.63) is 76.7 Å². The molecule has 140 valence electrons. The van der Waals surface area contributed by atoms with Gasteiger partial charge in [-0.1, -0.05) is 35.9 Å². The Morgan fingerprint density at radius 2 is 1.89 bits per heavy atom. The van der Waals surface area contributed by atoms with Gasteiger partial charge >= 0.3 is 0 Å². The fourth-order valence-corrected chi connectivity index (χ4v) is 3.11. The van der Waals surface area contributed by atoms with Gasteiger partial charge in [-0.3, -0.25) is 15.6 Å². The van der Waals surface area contributed by atoms with E-state index in [2.05, 4.69) is 25.9 Å². The fraction of sp³-hybridized carbons (Fsp3) is 0.100. The Morgan fingerprint density at radius 1 is 1.07 bits per heavy atom. The second-order valence-electron chi connectivity index (χ2n) is 6.34. The third-order valence-electron chi connectivity index (χ3n) is 4.45. The second-order valence-corrected chi connectivity index (χ2v) is 6.78. The van der Waals surface area contributed by atoms with Gasteiger partial charge in [-0.25, -0.2) is 14.6 Å². The van der Waals surface area contributed by atoms with Crippen LogP contribution in [0.5, 0.6) is 0 Å². The molecule has 0 aliphatic carbocycles. The minimum Gasteiger partial charge on any atom is -0.281 e. The summed E-state index contributed by atoms with van der Waals surface area (Å²) < 4.78 is 1.70. The number of carbonyl (C=O) groups is 1. The Bertz CT molecular complexity index is 1190. The van der Waals surface area contributed by atoms with E-state index in [1.165, 1.54) is 6.33 Å². The molecule has 8 heteroatoms. The van der Waals surface area contributed by atoms with Crippen molar-refractivity contribution >= 4 is 34.4 Å². The molecular formula is C20H17ClN6O. The summed E-state index contributed by atoms with van der Waals surface area (Å²) in [4.78, 5) is 21.0. The van der Waals surface area contributed by atoms with Crippen LogP contribution in [0.25, 0.3) is 16.7 Å². The number of hydrogen-bond donors (Lipinski definition) is 2. The summed E-state index contributed by atoms with van der Waals surface area (Å²) >= 11 is 6.14. The van der Waals surface area contributed by atoms with Crippen LogP contribution in [-0.4, -0.2) is 25.7 Å². The Labute approximate surface area is 166 Å². The average molecular weight is 393 g/mol. The Balaban J connectivity index is 1.65. The Hall–Kier alpha value is -3.45. The summed E-state index contributed by atoms with van der Waals surface area (Å²) in [6.07, 6.45) is 3.07. The van der Waals surface area contributed by atoms with E-state index in [9.17, 15) is 4.79 Å². The zero-order chi connectivity index (χ0) is 19.7. The number of anilines is 1. The molecule has 0 radical (unpaired) electrons. The molecule has 0 fully saturated rings. The number of fused-ring (bicyclic) bond motifs is 1. The van der Waals surface area contributed by atoms with Crippen LogP contribution in [-0.2, 0) is 0 Å². The van der Waals surface area contributed by atoms with Crippen molar-refractivity contribution in [1.29, 1.82) is 0 Å². The molecular weight excluding hydrogens is 376 g/mol. The van der Waals surface area contributed by atoms with E-state index in [1.807, 2.05) is 50.2 Å². The number of hydrogen-bond acceptors (Lipinski definition) is 5. The highest BCUT2D eigenvalue weighted by Crippen LogP contribution is 2.25. The summed E-state index contributed by atoms with van der Waals surface area (Å²) in [6, 6.07) is 12.9. The predicted molar refractivity (Wildman–Crippen MR) is 109 cm³/mol. The van der Waals surface area contributed by atoms with Gasteiger partial charge in [-0.15, -0.1) is 0 Å². The van der Waals surface area contributed by atoms with E-state index in [1.54, 1.807) is 16.9 Å². The summed E-state index contributed by atoms with van der Waals surface area (Å²) in [5, 5.41) is 5.72. The highest BCUT2D eigenvalue weighted by atomic mass is 35.5. The topological polar surface area (TPSA) is 84.7 Å². The minimum atomic E-state index is -0.247. The second kappa shape index (κ2) is 7.28. The highest BCUT2D eigenvalue weighted by Gasteiger charge is 2.14. The monoisotopic (exact) mass is 392 g/mol. The largest absolute Gasteiger partial charge is 0.281 e. The van der Waals surface area contributed by atoms with E-state index in [0.717, 1.165) is 16.8 Å². The molecule has 2 heterocycles. The maximum absolute atomic E-state index is 12.4. The van der Waals surface area contributed by atoms with Gasteiger partial charge in [0.05, 0.1) is 17.3 Å². The molecule has 4 aromatic rings. The molecule has 0 saturated heterocycles. The molecule has 0 spiro atoms. The van der Waals surface area contributed by atoms with Crippen LogP contribution in [0.1, 0.15) is 21.5 Å². The number of rotatable bonds is 4. The minimum absolute atomic E-state index is 0.247. The number of carbonyl (C=O) groups excluding carboxylic acids is 1. The summed E-state index contributed by atoms with van der Waals surface area (Å²) in [5.41, 5.74) is 9.47. The van der Waals surface area contributed by atoms with Crippen molar-refractivity contribution in [2.45, 2.75) is 13.8 Å². The molecule has 4 rings (SSSR count). The van der Waals surface area contributed by atoms with E-state index < -0.39 is 0 Å². The number of aryl methyl sites for hydroxylation is 2. The van der Waals surface area contributed by atoms with Gasteiger partial charge in [0, 0.05) is 10.6 Å². The van der Waals surface area contributed by atoms with E-state index >= 15 is 0 Å². The molecule has 1 amide bonds. The fourth-order valence-electron chi connectivity index (χ4n) is 2.94. The van der Waals surface area contributed by atoms with Gasteiger partial charge in [-0.2, -0.15) is 5.10 Å². The van der Waals surface area contributed by atoms with Gasteiger partial charge in [0.15, 0.2) is 11.5 Å². The van der Waals surface area contributed by atoms with E-state index in [4.69, 9.17) is 11.6 Å². The van der Waals surface area contributed by atoms with Crippen molar-refractivity contribution in [3.63, 3.8) is 0 Å². The summed E-state index contributed by atoms with van der Waals surface area (Å²) in [7, 11) is 0. The lowest BCUT2D eigenvalue weighted by molar-refractivity contribution is 0.0962. The average Bonchev–Trinajstić information content (AvgIpc) is 3.13. The van der Waals surface area contributed by atoms with Crippen molar-refractivity contribution < 1.29 is 4.79 Å². The van der Waals surface area contributed by atoms with E-state index in [-0.39, 0.29) is 5.91 Å². The van der Waals surface area contributed by atoms with Crippen molar-refractivity contribution in [1.82, 2.24) is 25.2 Å². The third-order valence-corrected chi connectivity index (χ3v) is 4.68.